The molecule has 1 aromatic carbocycles. The van der Waals surface area contributed by atoms with Crippen LogP contribution < -0.4 is 0 Å². The maximum Gasteiger partial charge on any atom is 0.310 e. The molecule has 2 rings (SSSR count). The number of aromatic nitrogens is 2. The van der Waals surface area contributed by atoms with E-state index in [1.54, 1.807) is 13.0 Å². The minimum Gasteiger partial charge on any atom is -0.466 e. The van der Waals surface area contributed by atoms with Gasteiger partial charge in [0.05, 0.1) is 30.3 Å². The van der Waals surface area contributed by atoms with Crippen LogP contribution in [0.2, 0.25) is 5.15 Å². The second kappa shape index (κ2) is 5.10. The Bertz CT molecular complexity index is 557. The molecule has 0 N–H and O–H groups in total. The summed E-state index contributed by atoms with van der Waals surface area (Å²) in [4.78, 5) is 19.6. The third kappa shape index (κ3) is 2.91. The van der Waals surface area contributed by atoms with Gasteiger partial charge in [-0.25, -0.2) is 4.98 Å². The van der Waals surface area contributed by atoms with E-state index in [-0.39, 0.29) is 12.4 Å². The average molecular weight is 251 g/mol. The smallest absolute Gasteiger partial charge is 0.310 e. The van der Waals surface area contributed by atoms with Crippen molar-refractivity contribution in [1.82, 2.24) is 9.97 Å². The van der Waals surface area contributed by atoms with Gasteiger partial charge in [0.15, 0.2) is 0 Å². The first kappa shape index (κ1) is 11.8. The lowest BCUT2D eigenvalue weighted by atomic mass is 10.1. The van der Waals surface area contributed by atoms with Crippen molar-refractivity contribution in [2.45, 2.75) is 13.3 Å². The van der Waals surface area contributed by atoms with Gasteiger partial charge in [0.25, 0.3) is 0 Å². The molecule has 5 heteroatoms. The van der Waals surface area contributed by atoms with Crippen LogP contribution in [-0.2, 0) is 16.0 Å². The van der Waals surface area contributed by atoms with Gasteiger partial charge in [-0.15, -0.1) is 0 Å². The van der Waals surface area contributed by atoms with Gasteiger partial charge in [0.2, 0.25) is 0 Å². The summed E-state index contributed by atoms with van der Waals surface area (Å²) in [6.45, 7) is 2.17. The topological polar surface area (TPSA) is 52.1 Å². The molecule has 0 aliphatic heterocycles. The van der Waals surface area contributed by atoms with Gasteiger partial charge in [0.1, 0.15) is 5.15 Å². The van der Waals surface area contributed by atoms with Crippen LogP contribution in [-0.4, -0.2) is 22.5 Å². The minimum absolute atomic E-state index is 0.242. The first-order valence-corrected chi connectivity index (χ1v) is 5.63. The summed E-state index contributed by atoms with van der Waals surface area (Å²) in [5.41, 5.74) is 2.29. The lowest BCUT2D eigenvalue weighted by molar-refractivity contribution is -0.142. The molecule has 88 valence electrons. The molecule has 0 atom stereocenters. The van der Waals surface area contributed by atoms with Crippen LogP contribution in [0.15, 0.2) is 24.4 Å². The Morgan fingerprint density at radius 2 is 2.24 bits per heavy atom. The maximum atomic E-state index is 11.3. The fraction of sp³-hybridized carbons (Fsp3) is 0.250. The minimum atomic E-state index is -0.242. The number of carbonyl (C=O) groups is 1. The number of esters is 1. The van der Waals surface area contributed by atoms with Crippen molar-refractivity contribution in [1.29, 1.82) is 0 Å². The number of hydrogen-bond donors (Lipinski definition) is 0. The molecule has 0 spiro atoms. The lowest BCUT2D eigenvalue weighted by Crippen LogP contribution is -2.07. The monoisotopic (exact) mass is 250 g/mol. The summed E-state index contributed by atoms with van der Waals surface area (Å²) in [5, 5.41) is 0.357. The SMILES string of the molecule is CCOC(=O)Cc1ccc2nc(Cl)cnc2c1. The molecule has 0 unspecified atom stereocenters. The van der Waals surface area contributed by atoms with Crippen LogP contribution in [0.1, 0.15) is 12.5 Å². The Hall–Kier alpha value is -1.68. The number of fused-ring (bicyclic) bond motifs is 1. The van der Waals surface area contributed by atoms with Crippen LogP contribution in [0.4, 0.5) is 0 Å². The highest BCUT2D eigenvalue weighted by atomic mass is 35.5. The summed E-state index contributed by atoms with van der Waals surface area (Å²) in [7, 11) is 0. The highest BCUT2D eigenvalue weighted by Crippen LogP contribution is 2.14. The molecule has 17 heavy (non-hydrogen) atoms. The summed E-state index contributed by atoms with van der Waals surface area (Å²) < 4.78 is 4.88. The zero-order valence-corrected chi connectivity index (χ0v) is 10.1. The fourth-order valence-corrected chi connectivity index (χ4v) is 1.66. The summed E-state index contributed by atoms with van der Waals surface area (Å²) in [6, 6.07) is 5.43. The van der Waals surface area contributed by atoms with Gasteiger partial charge in [-0.1, -0.05) is 17.7 Å². The van der Waals surface area contributed by atoms with Crippen molar-refractivity contribution < 1.29 is 9.53 Å². The molecule has 0 aliphatic carbocycles. The van der Waals surface area contributed by atoms with E-state index in [1.807, 2.05) is 12.1 Å². The molecule has 1 aromatic heterocycles. The largest absolute Gasteiger partial charge is 0.466 e. The number of rotatable bonds is 3. The van der Waals surface area contributed by atoms with Crippen LogP contribution in [0, 0.1) is 0 Å². The Labute approximate surface area is 104 Å². The zero-order valence-electron chi connectivity index (χ0n) is 9.31. The van der Waals surface area contributed by atoms with Crippen molar-refractivity contribution in [2.24, 2.45) is 0 Å². The number of halogens is 1. The van der Waals surface area contributed by atoms with Gasteiger partial charge >= 0.3 is 5.97 Å². The van der Waals surface area contributed by atoms with Gasteiger partial charge in [-0.3, -0.25) is 9.78 Å². The molecule has 0 saturated carbocycles. The second-order valence-electron chi connectivity index (χ2n) is 3.50. The molecular formula is C12H11ClN2O2. The standard InChI is InChI=1S/C12H11ClN2O2/c1-2-17-12(16)6-8-3-4-9-10(5-8)14-7-11(13)15-9/h3-5,7H,2,6H2,1H3. The number of benzene rings is 1. The van der Waals surface area contributed by atoms with Crippen molar-refractivity contribution in [3.63, 3.8) is 0 Å². The average Bonchev–Trinajstić information content (AvgIpc) is 2.29. The fourth-order valence-electron chi connectivity index (χ4n) is 1.52. The predicted molar refractivity (Wildman–Crippen MR) is 64.9 cm³/mol. The Morgan fingerprint density at radius 3 is 3.00 bits per heavy atom. The van der Waals surface area contributed by atoms with Crippen LogP contribution in [0.3, 0.4) is 0 Å². The Balaban J connectivity index is 2.26. The van der Waals surface area contributed by atoms with E-state index in [9.17, 15) is 4.79 Å². The highest BCUT2D eigenvalue weighted by molar-refractivity contribution is 6.29. The molecule has 2 aromatic rings. The second-order valence-corrected chi connectivity index (χ2v) is 3.88. The van der Waals surface area contributed by atoms with E-state index in [1.165, 1.54) is 6.20 Å². The Kier molecular flexibility index (Phi) is 3.54. The first-order chi connectivity index (χ1) is 8.19. The van der Waals surface area contributed by atoms with Gasteiger partial charge < -0.3 is 4.74 Å². The normalized spacial score (nSPS) is 10.5. The summed E-state index contributed by atoms with van der Waals surface area (Å²) in [6.07, 6.45) is 1.73. The molecule has 0 fully saturated rings. The molecule has 0 bridgehead atoms. The first-order valence-electron chi connectivity index (χ1n) is 5.26. The summed E-state index contributed by atoms with van der Waals surface area (Å²) in [5.74, 6) is -0.242. The van der Waals surface area contributed by atoms with Crippen LogP contribution in [0.5, 0.6) is 0 Å². The van der Waals surface area contributed by atoms with E-state index >= 15 is 0 Å². The summed E-state index contributed by atoms with van der Waals surface area (Å²) >= 11 is 5.74. The van der Waals surface area contributed by atoms with E-state index in [0.29, 0.717) is 17.3 Å². The van der Waals surface area contributed by atoms with Crippen molar-refractivity contribution in [3.8, 4) is 0 Å². The van der Waals surface area contributed by atoms with E-state index < -0.39 is 0 Å². The zero-order chi connectivity index (χ0) is 12.3. The number of ether oxygens (including phenoxy) is 1. The van der Waals surface area contributed by atoms with Crippen molar-refractivity contribution in [3.05, 3.63) is 35.1 Å². The lowest BCUT2D eigenvalue weighted by Gasteiger charge is -2.03. The molecule has 4 nitrogen and oxygen atoms in total. The van der Waals surface area contributed by atoms with Crippen molar-refractivity contribution >= 4 is 28.6 Å². The molecular weight excluding hydrogens is 240 g/mol. The van der Waals surface area contributed by atoms with Gasteiger partial charge in [-0.2, -0.15) is 0 Å². The van der Waals surface area contributed by atoms with E-state index in [0.717, 1.165) is 11.1 Å². The highest BCUT2D eigenvalue weighted by Gasteiger charge is 2.05. The van der Waals surface area contributed by atoms with Gasteiger partial charge in [0, 0.05) is 0 Å². The third-order valence-corrected chi connectivity index (χ3v) is 2.41. The molecule has 0 saturated heterocycles. The third-order valence-electron chi connectivity index (χ3n) is 2.23. The van der Waals surface area contributed by atoms with Gasteiger partial charge in [-0.05, 0) is 24.6 Å². The predicted octanol–water partition coefficient (Wildman–Crippen LogP) is 2.39. The van der Waals surface area contributed by atoms with E-state index in [2.05, 4.69) is 9.97 Å². The van der Waals surface area contributed by atoms with Crippen LogP contribution >= 0.6 is 11.6 Å². The number of carbonyl (C=O) groups excluding carboxylic acids is 1. The number of hydrogen-bond acceptors (Lipinski definition) is 4. The maximum absolute atomic E-state index is 11.3. The quantitative estimate of drug-likeness (QED) is 0.785. The Morgan fingerprint density at radius 1 is 1.41 bits per heavy atom. The molecule has 0 radical (unpaired) electrons. The molecule has 1 heterocycles. The van der Waals surface area contributed by atoms with E-state index in [4.69, 9.17) is 16.3 Å². The van der Waals surface area contributed by atoms with Crippen molar-refractivity contribution in [2.75, 3.05) is 6.61 Å². The number of nitrogens with zero attached hydrogens (tertiary/aromatic N) is 2. The molecule has 0 aliphatic rings. The molecule has 0 amide bonds. The van der Waals surface area contributed by atoms with Crippen LogP contribution in [0.25, 0.3) is 11.0 Å².